The predicted molar refractivity (Wildman–Crippen MR) is 81.3 cm³/mol. The Kier molecular flexibility index (Phi) is 4.50. The van der Waals surface area contributed by atoms with Crippen molar-refractivity contribution in [3.63, 3.8) is 0 Å². The summed E-state index contributed by atoms with van der Waals surface area (Å²) >= 11 is 5.42. The monoisotopic (exact) mass is 277 g/mol. The minimum atomic E-state index is 0.0904. The maximum Gasteiger partial charge on any atom is 0.248 e. The fraction of sp³-hybridized carbons (Fsp3) is 0.429. The van der Waals surface area contributed by atoms with Gasteiger partial charge in [-0.25, -0.2) is 0 Å². The lowest BCUT2D eigenvalue weighted by Gasteiger charge is -2.20. The summed E-state index contributed by atoms with van der Waals surface area (Å²) in [7, 11) is 4.06. The number of rotatable bonds is 5. The van der Waals surface area contributed by atoms with E-state index in [1.54, 1.807) is 4.90 Å². The Morgan fingerprint density at radius 1 is 1.26 bits per heavy atom. The topological polar surface area (TPSA) is 26.8 Å². The highest BCUT2D eigenvalue weighted by Crippen LogP contribution is 2.20. The Hall–Kier alpha value is -1.46. The van der Waals surface area contributed by atoms with Gasteiger partial charge in [0.05, 0.1) is 0 Å². The van der Waals surface area contributed by atoms with E-state index in [0.29, 0.717) is 18.2 Å². The lowest BCUT2D eigenvalue weighted by Crippen LogP contribution is -2.34. The number of thiocarbonyl (C=S) groups is 1. The third-order valence-electron chi connectivity index (χ3n) is 3.11. The lowest BCUT2D eigenvalue weighted by molar-refractivity contribution is -0.124. The molecule has 0 aromatic heterocycles. The minimum Gasteiger partial charge on any atom is -0.309 e. The second-order valence-electron chi connectivity index (χ2n) is 4.91. The highest BCUT2D eigenvalue weighted by Gasteiger charge is 2.32. The van der Waals surface area contributed by atoms with Gasteiger partial charge in [-0.1, -0.05) is 18.2 Å². The van der Waals surface area contributed by atoms with E-state index < -0.39 is 0 Å². The van der Waals surface area contributed by atoms with Gasteiger partial charge < -0.3 is 9.80 Å². The summed E-state index contributed by atoms with van der Waals surface area (Å²) in [6, 6.07) is 9.82. The summed E-state index contributed by atoms with van der Waals surface area (Å²) < 4.78 is 0. The number of anilines is 1. The van der Waals surface area contributed by atoms with Crippen LogP contribution in [-0.2, 0) is 4.79 Å². The molecule has 2 rings (SSSR count). The van der Waals surface area contributed by atoms with Crippen LogP contribution in [0.4, 0.5) is 5.69 Å². The van der Waals surface area contributed by atoms with Gasteiger partial charge in [-0.3, -0.25) is 9.69 Å². The van der Waals surface area contributed by atoms with Crippen molar-refractivity contribution in [1.82, 2.24) is 9.80 Å². The van der Waals surface area contributed by atoms with Gasteiger partial charge in [0.2, 0.25) is 5.91 Å². The largest absolute Gasteiger partial charge is 0.309 e. The average molecular weight is 277 g/mol. The third-order valence-corrected chi connectivity index (χ3v) is 3.55. The summed E-state index contributed by atoms with van der Waals surface area (Å²) in [6.07, 6.45) is 0.932. The molecular weight excluding hydrogens is 258 g/mol. The number of benzene rings is 1. The molecule has 102 valence electrons. The smallest absolute Gasteiger partial charge is 0.248 e. The van der Waals surface area contributed by atoms with E-state index in [1.165, 1.54) is 0 Å². The van der Waals surface area contributed by atoms with Gasteiger partial charge in [0.15, 0.2) is 5.11 Å². The summed E-state index contributed by atoms with van der Waals surface area (Å²) in [5, 5.41) is 0.620. The van der Waals surface area contributed by atoms with E-state index in [1.807, 2.05) is 49.3 Å². The van der Waals surface area contributed by atoms with Crippen molar-refractivity contribution in [3.05, 3.63) is 30.3 Å². The second kappa shape index (κ2) is 6.12. The van der Waals surface area contributed by atoms with Gasteiger partial charge in [0.25, 0.3) is 0 Å². The maximum absolute atomic E-state index is 12.0. The molecule has 0 saturated carbocycles. The van der Waals surface area contributed by atoms with Gasteiger partial charge in [-0.05, 0) is 51.4 Å². The number of para-hydroxylation sites is 1. The van der Waals surface area contributed by atoms with Gasteiger partial charge in [0, 0.05) is 12.2 Å². The maximum atomic E-state index is 12.0. The SMILES string of the molecule is CN(C)CCCN1C(=O)CN(c2ccccc2)C1=S. The van der Waals surface area contributed by atoms with Crippen LogP contribution in [0.25, 0.3) is 0 Å². The third kappa shape index (κ3) is 3.30. The first-order chi connectivity index (χ1) is 9.09. The molecular formula is C14H19N3OS. The quantitative estimate of drug-likeness (QED) is 0.763. The number of amides is 1. The van der Waals surface area contributed by atoms with Gasteiger partial charge in [-0.2, -0.15) is 0 Å². The molecule has 1 aliphatic rings. The molecule has 0 bridgehead atoms. The molecule has 0 aliphatic carbocycles. The molecule has 4 nitrogen and oxygen atoms in total. The molecule has 0 radical (unpaired) electrons. The summed E-state index contributed by atoms with van der Waals surface area (Å²) in [6.45, 7) is 2.00. The van der Waals surface area contributed by atoms with Crippen LogP contribution in [0.5, 0.6) is 0 Å². The Labute approximate surface area is 119 Å². The molecule has 1 fully saturated rings. The highest BCUT2D eigenvalue weighted by atomic mass is 32.1. The van der Waals surface area contributed by atoms with Crippen LogP contribution in [0.2, 0.25) is 0 Å². The molecule has 1 amide bonds. The predicted octanol–water partition coefficient (Wildman–Crippen LogP) is 1.57. The van der Waals surface area contributed by atoms with Gasteiger partial charge in [0.1, 0.15) is 6.54 Å². The molecule has 1 aromatic carbocycles. The first kappa shape index (κ1) is 14.0. The van der Waals surface area contributed by atoms with E-state index in [0.717, 1.165) is 18.7 Å². The fourth-order valence-electron chi connectivity index (χ4n) is 2.12. The van der Waals surface area contributed by atoms with Crippen LogP contribution in [0.15, 0.2) is 30.3 Å². The van der Waals surface area contributed by atoms with E-state index in [4.69, 9.17) is 12.2 Å². The number of hydrogen-bond acceptors (Lipinski definition) is 3. The molecule has 5 heteroatoms. The van der Waals surface area contributed by atoms with Crippen molar-refractivity contribution in [1.29, 1.82) is 0 Å². The lowest BCUT2D eigenvalue weighted by atomic mass is 10.3. The molecule has 0 unspecified atom stereocenters. The molecule has 0 atom stereocenters. The number of hydrogen-bond donors (Lipinski definition) is 0. The van der Waals surface area contributed by atoms with Crippen LogP contribution in [0.1, 0.15) is 6.42 Å². The van der Waals surface area contributed by atoms with Crippen molar-refractivity contribution in [2.24, 2.45) is 0 Å². The van der Waals surface area contributed by atoms with Gasteiger partial charge in [-0.15, -0.1) is 0 Å². The molecule has 19 heavy (non-hydrogen) atoms. The zero-order valence-electron chi connectivity index (χ0n) is 11.4. The Balaban J connectivity index is 2.00. The Morgan fingerprint density at radius 2 is 1.95 bits per heavy atom. The fourth-order valence-corrected chi connectivity index (χ4v) is 2.48. The molecule has 1 heterocycles. The van der Waals surface area contributed by atoms with E-state index in [-0.39, 0.29) is 5.91 Å². The van der Waals surface area contributed by atoms with E-state index >= 15 is 0 Å². The van der Waals surface area contributed by atoms with Crippen LogP contribution in [0, 0.1) is 0 Å². The molecule has 1 aliphatic heterocycles. The van der Waals surface area contributed by atoms with Crippen LogP contribution >= 0.6 is 12.2 Å². The van der Waals surface area contributed by atoms with E-state index in [9.17, 15) is 4.79 Å². The Bertz CT molecular complexity index is 461. The standard InChI is InChI=1S/C14H19N3OS/c1-15(2)9-6-10-16-13(18)11-17(14(16)19)12-7-4-3-5-8-12/h3-5,7-8H,6,9-11H2,1-2H3. The van der Waals surface area contributed by atoms with Crippen molar-refractivity contribution in [3.8, 4) is 0 Å². The van der Waals surface area contributed by atoms with Crippen molar-refractivity contribution in [2.75, 3.05) is 38.6 Å². The van der Waals surface area contributed by atoms with Crippen molar-refractivity contribution in [2.45, 2.75) is 6.42 Å². The average Bonchev–Trinajstić information content (AvgIpc) is 2.67. The van der Waals surface area contributed by atoms with Crippen LogP contribution < -0.4 is 4.90 Å². The first-order valence-electron chi connectivity index (χ1n) is 6.41. The zero-order valence-corrected chi connectivity index (χ0v) is 12.2. The van der Waals surface area contributed by atoms with Crippen molar-refractivity contribution >= 4 is 28.9 Å². The van der Waals surface area contributed by atoms with Crippen molar-refractivity contribution < 1.29 is 4.79 Å². The number of carbonyl (C=O) groups excluding carboxylic acids is 1. The first-order valence-corrected chi connectivity index (χ1v) is 6.82. The second-order valence-corrected chi connectivity index (χ2v) is 5.27. The number of carbonyl (C=O) groups is 1. The van der Waals surface area contributed by atoms with Gasteiger partial charge >= 0.3 is 0 Å². The molecule has 1 aromatic rings. The van der Waals surface area contributed by atoms with Crippen LogP contribution in [-0.4, -0.2) is 54.5 Å². The number of nitrogens with zero attached hydrogens (tertiary/aromatic N) is 3. The minimum absolute atomic E-state index is 0.0904. The molecule has 0 N–H and O–H groups in total. The molecule has 0 spiro atoms. The highest BCUT2D eigenvalue weighted by molar-refractivity contribution is 7.80. The summed E-state index contributed by atoms with van der Waals surface area (Å²) in [5.41, 5.74) is 0.982. The zero-order chi connectivity index (χ0) is 13.8. The van der Waals surface area contributed by atoms with Crippen LogP contribution in [0.3, 0.4) is 0 Å². The summed E-state index contributed by atoms with van der Waals surface area (Å²) in [5.74, 6) is 0.0904. The normalized spacial score (nSPS) is 15.7. The van der Waals surface area contributed by atoms with E-state index in [2.05, 4.69) is 4.90 Å². The summed E-state index contributed by atoms with van der Waals surface area (Å²) in [4.78, 5) is 17.7. The Morgan fingerprint density at radius 3 is 2.58 bits per heavy atom. The molecule has 1 saturated heterocycles.